The van der Waals surface area contributed by atoms with E-state index in [9.17, 15) is 9.59 Å². The molecule has 0 aliphatic heterocycles. The number of aromatic nitrogens is 3. The standard InChI is InChI=1S/C12H14N4O3S/c1-3-19-10(17)6-8-7-20-12(13-8)14-11(18)9-4-5-16(2)15-9/h4-5,7H,3,6H2,1-2H3,(H,13,14,18). The average Bonchev–Trinajstić information content (AvgIpc) is 2.99. The van der Waals surface area contributed by atoms with Gasteiger partial charge in [0.25, 0.3) is 5.91 Å². The Morgan fingerprint density at radius 1 is 1.50 bits per heavy atom. The minimum absolute atomic E-state index is 0.101. The van der Waals surface area contributed by atoms with Gasteiger partial charge in [0.05, 0.1) is 18.7 Å². The van der Waals surface area contributed by atoms with Gasteiger partial charge in [-0.2, -0.15) is 5.10 Å². The number of ether oxygens (including phenoxy) is 1. The molecule has 2 heterocycles. The first kappa shape index (κ1) is 14.2. The average molecular weight is 294 g/mol. The highest BCUT2D eigenvalue weighted by atomic mass is 32.1. The van der Waals surface area contributed by atoms with Gasteiger partial charge in [-0.3, -0.25) is 19.6 Å². The third kappa shape index (κ3) is 3.64. The van der Waals surface area contributed by atoms with Gasteiger partial charge in [0, 0.05) is 18.6 Å². The number of hydrogen-bond acceptors (Lipinski definition) is 6. The van der Waals surface area contributed by atoms with Gasteiger partial charge in [0.15, 0.2) is 10.8 Å². The number of nitrogens with one attached hydrogen (secondary N) is 1. The molecule has 0 bridgehead atoms. The van der Waals surface area contributed by atoms with E-state index in [1.54, 1.807) is 36.3 Å². The van der Waals surface area contributed by atoms with Crippen LogP contribution in [-0.4, -0.2) is 33.2 Å². The Morgan fingerprint density at radius 2 is 2.30 bits per heavy atom. The number of nitrogens with zero attached hydrogens (tertiary/aromatic N) is 3. The summed E-state index contributed by atoms with van der Waals surface area (Å²) in [6, 6.07) is 1.61. The molecule has 0 saturated heterocycles. The van der Waals surface area contributed by atoms with Crippen LogP contribution in [0.3, 0.4) is 0 Å². The third-order valence-electron chi connectivity index (χ3n) is 2.35. The summed E-state index contributed by atoms with van der Waals surface area (Å²) in [6.45, 7) is 2.09. The second-order valence-corrected chi connectivity index (χ2v) is 4.81. The molecule has 0 aromatic carbocycles. The molecule has 106 valence electrons. The summed E-state index contributed by atoms with van der Waals surface area (Å²) >= 11 is 1.25. The van der Waals surface area contributed by atoms with Gasteiger partial charge in [0.1, 0.15) is 0 Å². The van der Waals surface area contributed by atoms with Crippen LogP contribution in [0.4, 0.5) is 5.13 Å². The number of carbonyl (C=O) groups is 2. The van der Waals surface area contributed by atoms with E-state index in [1.165, 1.54) is 11.3 Å². The lowest BCUT2D eigenvalue weighted by molar-refractivity contribution is -0.142. The molecule has 20 heavy (non-hydrogen) atoms. The first-order valence-corrected chi connectivity index (χ1v) is 6.87. The Hall–Kier alpha value is -2.22. The Morgan fingerprint density at radius 3 is 2.95 bits per heavy atom. The second kappa shape index (κ2) is 6.29. The molecule has 2 aromatic heterocycles. The molecule has 2 rings (SSSR count). The summed E-state index contributed by atoms with van der Waals surface area (Å²) in [6.07, 6.45) is 1.78. The van der Waals surface area contributed by atoms with Crippen LogP contribution in [0, 0.1) is 0 Å². The van der Waals surface area contributed by atoms with Gasteiger partial charge in [-0.15, -0.1) is 11.3 Å². The smallest absolute Gasteiger partial charge is 0.311 e. The van der Waals surface area contributed by atoms with Crippen molar-refractivity contribution in [1.29, 1.82) is 0 Å². The lowest BCUT2D eigenvalue weighted by Crippen LogP contribution is -2.13. The third-order valence-corrected chi connectivity index (χ3v) is 3.16. The van der Waals surface area contributed by atoms with Crippen molar-refractivity contribution in [3.05, 3.63) is 29.0 Å². The fraction of sp³-hybridized carbons (Fsp3) is 0.333. The zero-order chi connectivity index (χ0) is 14.5. The van der Waals surface area contributed by atoms with Crippen LogP contribution < -0.4 is 5.32 Å². The maximum absolute atomic E-state index is 11.8. The van der Waals surface area contributed by atoms with Crippen molar-refractivity contribution in [1.82, 2.24) is 14.8 Å². The van der Waals surface area contributed by atoms with E-state index in [-0.39, 0.29) is 18.3 Å². The van der Waals surface area contributed by atoms with Crippen LogP contribution in [0.5, 0.6) is 0 Å². The molecule has 0 unspecified atom stereocenters. The lowest BCUT2D eigenvalue weighted by Gasteiger charge is -1.99. The molecule has 0 spiro atoms. The molecular formula is C12H14N4O3S. The first-order chi connectivity index (χ1) is 9.58. The molecule has 0 aliphatic rings. The van der Waals surface area contributed by atoms with Crippen molar-refractivity contribution in [2.45, 2.75) is 13.3 Å². The molecule has 0 aliphatic carbocycles. The molecule has 0 radical (unpaired) electrons. The molecule has 0 fully saturated rings. The van der Waals surface area contributed by atoms with Crippen LogP contribution in [-0.2, 0) is 23.0 Å². The SMILES string of the molecule is CCOC(=O)Cc1csc(NC(=O)c2ccn(C)n2)n1. The number of hydrogen-bond donors (Lipinski definition) is 1. The second-order valence-electron chi connectivity index (χ2n) is 3.95. The molecular weight excluding hydrogens is 280 g/mol. The van der Waals surface area contributed by atoms with E-state index in [2.05, 4.69) is 15.4 Å². The van der Waals surface area contributed by atoms with E-state index in [1.807, 2.05) is 0 Å². The Kier molecular flexibility index (Phi) is 4.46. The van der Waals surface area contributed by atoms with Crippen molar-refractivity contribution in [2.24, 2.45) is 7.05 Å². The van der Waals surface area contributed by atoms with Gasteiger partial charge >= 0.3 is 5.97 Å². The summed E-state index contributed by atoms with van der Waals surface area (Å²) in [4.78, 5) is 27.3. The Balaban J connectivity index is 1.95. The largest absolute Gasteiger partial charge is 0.466 e. The highest BCUT2D eigenvalue weighted by Gasteiger charge is 2.13. The van der Waals surface area contributed by atoms with Crippen LogP contribution in [0.1, 0.15) is 23.1 Å². The zero-order valence-corrected chi connectivity index (χ0v) is 11.9. The predicted molar refractivity (Wildman–Crippen MR) is 73.6 cm³/mol. The number of amides is 1. The molecule has 8 heteroatoms. The number of anilines is 1. The highest BCUT2D eigenvalue weighted by molar-refractivity contribution is 7.14. The number of carbonyl (C=O) groups excluding carboxylic acids is 2. The monoisotopic (exact) mass is 294 g/mol. The molecule has 0 atom stereocenters. The Bertz CT molecular complexity index is 620. The topological polar surface area (TPSA) is 86.1 Å². The quantitative estimate of drug-likeness (QED) is 0.838. The van der Waals surface area contributed by atoms with Crippen molar-refractivity contribution >= 4 is 28.3 Å². The lowest BCUT2D eigenvalue weighted by atomic mass is 10.3. The highest BCUT2D eigenvalue weighted by Crippen LogP contribution is 2.16. The minimum Gasteiger partial charge on any atom is -0.466 e. The van der Waals surface area contributed by atoms with Crippen LogP contribution in [0.25, 0.3) is 0 Å². The number of rotatable bonds is 5. The fourth-order valence-corrected chi connectivity index (χ4v) is 2.21. The van der Waals surface area contributed by atoms with Crippen LogP contribution in [0.15, 0.2) is 17.6 Å². The number of esters is 1. The minimum atomic E-state index is -0.333. The summed E-state index contributed by atoms with van der Waals surface area (Å²) in [7, 11) is 1.73. The van der Waals surface area contributed by atoms with Crippen molar-refractivity contribution < 1.29 is 14.3 Å². The normalized spacial score (nSPS) is 10.3. The molecule has 1 N–H and O–H groups in total. The van der Waals surface area contributed by atoms with Gasteiger partial charge in [0.2, 0.25) is 0 Å². The fourth-order valence-electron chi connectivity index (χ4n) is 1.50. The molecule has 1 amide bonds. The maximum Gasteiger partial charge on any atom is 0.311 e. The number of thiazole rings is 1. The van der Waals surface area contributed by atoms with E-state index in [0.717, 1.165) is 0 Å². The van der Waals surface area contributed by atoms with E-state index < -0.39 is 0 Å². The van der Waals surface area contributed by atoms with Gasteiger partial charge in [-0.1, -0.05) is 0 Å². The van der Waals surface area contributed by atoms with Gasteiger partial charge in [-0.25, -0.2) is 4.98 Å². The van der Waals surface area contributed by atoms with Crippen molar-refractivity contribution in [2.75, 3.05) is 11.9 Å². The first-order valence-electron chi connectivity index (χ1n) is 5.99. The van der Waals surface area contributed by atoms with Gasteiger partial charge < -0.3 is 4.74 Å². The van der Waals surface area contributed by atoms with Crippen LogP contribution in [0.2, 0.25) is 0 Å². The van der Waals surface area contributed by atoms with E-state index >= 15 is 0 Å². The van der Waals surface area contributed by atoms with Crippen molar-refractivity contribution in [3.8, 4) is 0 Å². The summed E-state index contributed by atoms with van der Waals surface area (Å²) < 4.78 is 6.38. The number of aryl methyl sites for hydroxylation is 1. The zero-order valence-electron chi connectivity index (χ0n) is 11.1. The summed E-state index contributed by atoms with van der Waals surface area (Å²) in [5.41, 5.74) is 0.888. The molecule has 2 aromatic rings. The summed E-state index contributed by atoms with van der Waals surface area (Å²) in [5.74, 6) is -0.664. The van der Waals surface area contributed by atoms with Crippen molar-refractivity contribution in [3.63, 3.8) is 0 Å². The Labute approximate surface area is 119 Å². The molecule has 7 nitrogen and oxygen atoms in total. The van der Waals surface area contributed by atoms with Gasteiger partial charge in [-0.05, 0) is 13.0 Å². The summed E-state index contributed by atoms with van der Waals surface area (Å²) in [5, 5.41) is 8.78. The van der Waals surface area contributed by atoms with Crippen LogP contribution >= 0.6 is 11.3 Å². The maximum atomic E-state index is 11.8. The van der Waals surface area contributed by atoms with E-state index in [0.29, 0.717) is 23.1 Å². The molecule has 0 saturated carbocycles. The predicted octanol–water partition coefficient (Wildman–Crippen LogP) is 1.23. The van der Waals surface area contributed by atoms with E-state index in [4.69, 9.17) is 4.74 Å².